The van der Waals surface area contributed by atoms with Crippen molar-refractivity contribution in [3.63, 3.8) is 0 Å². The highest BCUT2D eigenvalue weighted by Crippen LogP contribution is 2.25. The van der Waals surface area contributed by atoms with Crippen molar-refractivity contribution in [2.24, 2.45) is 5.92 Å². The predicted molar refractivity (Wildman–Crippen MR) is 121 cm³/mol. The van der Waals surface area contributed by atoms with Gasteiger partial charge in [0.1, 0.15) is 12.1 Å². The number of morpholine rings is 1. The molecule has 0 aromatic carbocycles. The molecule has 0 bridgehead atoms. The molecule has 3 atom stereocenters. The van der Waals surface area contributed by atoms with E-state index >= 15 is 0 Å². The number of likely N-dealkylation sites (tertiary alicyclic amines) is 1. The molecule has 1 unspecified atom stereocenters. The van der Waals surface area contributed by atoms with Crippen LogP contribution in [0.4, 0.5) is 0 Å². The average molecular weight is 492 g/mol. The van der Waals surface area contributed by atoms with Crippen LogP contribution in [0.15, 0.2) is 12.1 Å². The van der Waals surface area contributed by atoms with E-state index in [0.717, 1.165) is 11.3 Å². The number of halogens is 1. The first-order valence-corrected chi connectivity index (χ1v) is 13.5. The number of ether oxygens (including phenoxy) is 1. The van der Waals surface area contributed by atoms with E-state index in [0.29, 0.717) is 50.0 Å². The number of hydrogen-bond donors (Lipinski definition) is 1. The van der Waals surface area contributed by atoms with Gasteiger partial charge in [-0.1, -0.05) is 31.9 Å². The number of nitrogens with zero attached hydrogens (tertiary/aromatic N) is 2. The maximum absolute atomic E-state index is 13.2. The topological polar surface area (TPSA) is 96.0 Å². The highest BCUT2D eigenvalue weighted by atomic mass is 35.5. The van der Waals surface area contributed by atoms with Crippen molar-refractivity contribution in [3.8, 4) is 0 Å². The molecule has 11 heteroatoms. The van der Waals surface area contributed by atoms with Crippen LogP contribution in [0.3, 0.4) is 0 Å². The molecule has 3 heterocycles. The van der Waals surface area contributed by atoms with Crippen molar-refractivity contribution in [2.45, 2.75) is 45.2 Å². The Morgan fingerprint density at radius 1 is 1.32 bits per heavy atom. The van der Waals surface area contributed by atoms with E-state index in [-0.39, 0.29) is 23.5 Å². The number of sulfonamides is 1. The minimum Gasteiger partial charge on any atom is -0.378 e. The lowest BCUT2D eigenvalue weighted by atomic mass is 9.96. The smallest absolute Gasteiger partial charge is 0.245 e. The van der Waals surface area contributed by atoms with Crippen LogP contribution in [0.25, 0.3) is 0 Å². The van der Waals surface area contributed by atoms with Gasteiger partial charge in [0.25, 0.3) is 0 Å². The molecule has 3 rings (SSSR count). The molecule has 2 amide bonds. The summed E-state index contributed by atoms with van der Waals surface area (Å²) in [4.78, 5) is 30.5. The Kier molecular flexibility index (Phi) is 8.37. The summed E-state index contributed by atoms with van der Waals surface area (Å²) in [6, 6.07) is 2.12. The molecule has 2 saturated heterocycles. The fourth-order valence-corrected chi connectivity index (χ4v) is 6.44. The molecular weight excluding hydrogens is 462 g/mol. The largest absolute Gasteiger partial charge is 0.378 e. The summed E-state index contributed by atoms with van der Waals surface area (Å²) in [6.45, 7) is 6.31. The van der Waals surface area contributed by atoms with E-state index in [2.05, 4.69) is 4.72 Å². The van der Waals surface area contributed by atoms with Gasteiger partial charge in [0.2, 0.25) is 21.8 Å². The minimum atomic E-state index is -3.65. The zero-order valence-corrected chi connectivity index (χ0v) is 20.3. The van der Waals surface area contributed by atoms with Crippen LogP contribution >= 0.6 is 22.9 Å². The standard InChI is InChI=1S/C20H30ClN3O5S2/c1-3-14(2)18(20(26)23-9-11-29-12-10-23)24-8-6-16(19(24)25)22-31(27,28)13-7-15-4-5-17(21)30-15/h4-5,14,16,18,22H,3,6-13H2,1-2H3/t14-,16-,18?/m0/s1. The SMILES string of the molecule is CC[C@H](C)C(C(=O)N1CCOCC1)N1CC[C@H](NS(=O)(=O)CCc2ccc(Cl)s2)C1=O. The summed E-state index contributed by atoms with van der Waals surface area (Å²) in [6.07, 6.45) is 1.43. The van der Waals surface area contributed by atoms with Crippen molar-refractivity contribution in [1.82, 2.24) is 14.5 Å². The molecule has 31 heavy (non-hydrogen) atoms. The van der Waals surface area contributed by atoms with E-state index in [9.17, 15) is 18.0 Å². The molecule has 8 nitrogen and oxygen atoms in total. The fraction of sp³-hybridized carbons (Fsp3) is 0.700. The maximum atomic E-state index is 13.2. The van der Waals surface area contributed by atoms with Crippen molar-refractivity contribution in [3.05, 3.63) is 21.3 Å². The minimum absolute atomic E-state index is 0.0294. The van der Waals surface area contributed by atoms with Gasteiger partial charge in [0.15, 0.2) is 0 Å². The fourth-order valence-electron chi connectivity index (χ4n) is 3.96. The van der Waals surface area contributed by atoms with Gasteiger partial charge in [-0.3, -0.25) is 9.59 Å². The number of carbonyl (C=O) groups excluding carboxylic acids is 2. The molecule has 174 valence electrons. The van der Waals surface area contributed by atoms with Crippen molar-refractivity contribution in [1.29, 1.82) is 0 Å². The Balaban J connectivity index is 1.64. The summed E-state index contributed by atoms with van der Waals surface area (Å²) in [7, 11) is -3.65. The first-order chi connectivity index (χ1) is 14.7. The Morgan fingerprint density at radius 2 is 2.03 bits per heavy atom. The van der Waals surface area contributed by atoms with Gasteiger partial charge in [0.05, 0.1) is 23.3 Å². The molecule has 0 spiro atoms. The van der Waals surface area contributed by atoms with Crippen LogP contribution in [0.2, 0.25) is 4.34 Å². The lowest BCUT2D eigenvalue weighted by Gasteiger charge is -2.37. The van der Waals surface area contributed by atoms with Crippen LogP contribution in [0, 0.1) is 5.92 Å². The molecule has 2 aliphatic rings. The van der Waals surface area contributed by atoms with Crippen molar-refractivity contribution >= 4 is 44.8 Å². The third-order valence-electron chi connectivity index (χ3n) is 5.90. The zero-order valence-electron chi connectivity index (χ0n) is 17.9. The maximum Gasteiger partial charge on any atom is 0.245 e. The van der Waals surface area contributed by atoms with E-state index in [1.807, 2.05) is 13.8 Å². The van der Waals surface area contributed by atoms with Gasteiger partial charge in [0, 0.05) is 24.5 Å². The quantitative estimate of drug-likeness (QED) is 0.567. The van der Waals surface area contributed by atoms with E-state index in [1.54, 1.807) is 21.9 Å². The summed E-state index contributed by atoms with van der Waals surface area (Å²) in [5.74, 6) is -0.549. The number of thiophene rings is 1. The van der Waals surface area contributed by atoms with Crippen LogP contribution < -0.4 is 4.72 Å². The number of aryl methyl sites for hydroxylation is 1. The van der Waals surface area contributed by atoms with E-state index in [1.165, 1.54) is 11.3 Å². The average Bonchev–Trinajstić information content (AvgIpc) is 3.33. The number of carbonyl (C=O) groups is 2. The van der Waals surface area contributed by atoms with Crippen molar-refractivity contribution in [2.75, 3.05) is 38.6 Å². The van der Waals surface area contributed by atoms with Crippen LogP contribution in [-0.2, 0) is 30.8 Å². The van der Waals surface area contributed by atoms with E-state index in [4.69, 9.17) is 16.3 Å². The molecule has 0 aliphatic carbocycles. The Labute approximate surface area is 192 Å². The van der Waals surface area contributed by atoms with Gasteiger partial charge in [-0.2, -0.15) is 0 Å². The third kappa shape index (κ3) is 6.19. The number of rotatable bonds is 9. The first-order valence-electron chi connectivity index (χ1n) is 10.6. The summed E-state index contributed by atoms with van der Waals surface area (Å²) >= 11 is 7.24. The number of hydrogen-bond acceptors (Lipinski definition) is 6. The molecule has 1 aromatic rings. The molecule has 1 aromatic heterocycles. The van der Waals surface area contributed by atoms with Gasteiger partial charge < -0.3 is 14.5 Å². The van der Waals surface area contributed by atoms with E-state index < -0.39 is 22.1 Å². The normalized spacial score (nSPS) is 22.0. The molecule has 0 radical (unpaired) electrons. The number of amides is 2. The Hall–Kier alpha value is -1.20. The van der Waals surface area contributed by atoms with Gasteiger partial charge in [-0.05, 0) is 30.9 Å². The van der Waals surface area contributed by atoms with Crippen LogP contribution in [0.5, 0.6) is 0 Å². The highest BCUT2D eigenvalue weighted by molar-refractivity contribution is 7.89. The summed E-state index contributed by atoms with van der Waals surface area (Å²) in [5.41, 5.74) is 0. The van der Waals surface area contributed by atoms with Crippen LogP contribution in [-0.4, -0.2) is 80.7 Å². The first kappa shape index (κ1) is 24.4. The monoisotopic (exact) mass is 491 g/mol. The Morgan fingerprint density at radius 3 is 2.65 bits per heavy atom. The second-order valence-corrected chi connectivity index (χ2v) is 11.7. The van der Waals surface area contributed by atoms with Gasteiger partial charge >= 0.3 is 0 Å². The molecule has 1 N–H and O–H groups in total. The Bertz CT molecular complexity index is 885. The summed E-state index contributed by atoms with van der Waals surface area (Å²) in [5, 5.41) is 0. The van der Waals surface area contributed by atoms with Gasteiger partial charge in [-0.15, -0.1) is 11.3 Å². The third-order valence-corrected chi connectivity index (χ3v) is 8.58. The van der Waals surface area contributed by atoms with Crippen LogP contribution in [0.1, 0.15) is 31.6 Å². The molecule has 2 aliphatic heterocycles. The lowest BCUT2D eigenvalue weighted by Crippen LogP contribution is -2.56. The van der Waals surface area contributed by atoms with Crippen molar-refractivity contribution < 1.29 is 22.7 Å². The molecule has 2 fully saturated rings. The lowest BCUT2D eigenvalue weighted by molar-refractivity contribution is -0.149. The second-order valence-electron chi connectivity index (χ2n) is 8.03. The summed E-state index contributed by atoms with van der Waals surface area (Å²) < 4.78 is 33.6. The molecular formula is C20H30ClN3O5S2. The number of nitrogens with one attached hydrogen (secondary N) is 1. The second kappa shape index (κ2) is 10.6. The molecule has 0 saturated carbocycles. The zero-order chi connectivity index (χ0) is 22.6. The highest BCUT2D eigenvalue weighted by Gasteiger charge is 2.43. The van der Waals surface area contributed by atoms with Gasteiger partial charge in [-0.25, -0.2) is 13.1 Å². The predicted octanol–water partition coefficient (Wildman–Crippen LogP) is 1.74.